The molecule has 0 amide bonds. The third-order valence-corrected chi connectivity index (χ3v) is 6.34. The molecule has 2 aromatic heterocycles. The zero-order valence-corrected chi connectivity index (χ0v) is 19.6. The number of hydrogen-bond donors (Lipinski definition) is 4. The molecule has 5 N–H and O–H groups in total. The Kier molecular flexibility index (Phi) is 7.25. The van der Waals surface area contributed by atoms with Gasteiger partial charge in [0.05, 0.1) is 25.6 Å². The first-order valence-corrected chi connectivity index (χ1v) is 11.8. The van der Waals surface area contributed by atoms with Gasteiger partial charge in [0, 0.05) is 26.2 Å². The fourth-order valence-electron chi connectivity index (χ4n) is 4.36. The summed E-state index contributed by atoms with van der Waals surface area (Å²) in [5.74, 6) is 0.0399. The number of rotatable bonds is 9. The van der Waals surface area contributed by atoms with Crippen LogP contribution in [0, 0.1) is 0 Å². The highest BCUT2D eigenvalue weighted by Gasteiger charge is 2.46. The standard InChI is InChI=1S/C23H29N7O6/c24-16-18(31)22(36-19(16)23(32)33)30-13-28-17-20(26-12-27-21(17)30)25-11-14-2-1-3-15(10-14)35-9-6-29-4-7-34-8-5-29/h1-3,10,12-13,16,18-19,22,31H,4-9,11,24H2,(H,32,33)(H,25,26,27)/t16-,18+,19-,22+/m0/s1. The van der Waals surface area contributed by atoms with Crippen molar-refractivity contribution < 1.29 is 29.2 Å². The highest BCUT2D eigenvalue weighted by molar-refractivity contribution is 5.82. The van der Waals surface area contributed by atoms with Gasteiger partial charge < -0.3 is 35.5 Å². The molecule has 4 heterocycles. The van der Waals surface area contributed by atoms with Crippen molar-refractivity contribution in [3.63, 3.8) is 0 Å². The maximum atomic E-state index is 11.4. The third kappa shape index (κ3) is 5.10. The van der Waals surface area contributed by atoms with Crippen molar-refractivity contribution in [1.82, 2.24) is 24.4 Å². The lowest BCUT2D eigenvalue weighted by atomic mass is 10.1. The quantitative estimate of drug-likeness (QED) is 0.307. The molecule has 0 bridgehead atoms. The van der Waals surface area contributed by atoms with Crippen molar-refractivity contribution in [2.24, 2.45) is 5.73 Å². The maximum absolute atomic E-state index is 11.4. The van der Waals surface area contributed by atoms with Crippen molar-refractivity contribution in [2.75, 3.05) is 44.8 Å². The van der Waals surface area contributed by atoms with Crippen LogP contribution in [0.1, 0.15) is 11.8 Å². The number of aliphatic carboxylic acids is 1. The summed E-state index contributed by atoms with van der Waals surface area (Å²) in [7, 11) is 0. The molecule has 192 valence electrons. The van der Waals surface area contributed by atoms with Gasteiger partial charge in [-0.1, -0.05) is 12.1 Å². The van der Waals surface area contributed by atoms with Crippen LogP contribution in [-0.2, 0) is 20.8 Å². The van der Waals surface area contributed by atoms with Gasteiger partial charge in [0.15, 0.2) is 29.3 Å². The molecular formula is C23H29N7O6. The number of benzene rings is 1. The summed E-state index contributed by atoms with van der Waals surface area (Å²) in [5.41, 5.74) is 7.67. The van der Waals surface area contributed by atoms with Crippen LogP contribution in [0.25, 0.3) is 11.2 Å². The highest BCUT2D eigenvalue weighted by atomic mass is 16.6. The number of aliphatic hydroxyl groups is 1. The molecule has 0 spiro atoms. The van der Waals surface area contributed by atoms with Crippen LogP contribution in [0.3, 0.4) is 0 Å². The summed E-state index contributed by atoms with van der Waals surface area (Å²) in [5, 5.41) is 23.0. The third-order valence-electron chi connectivity index (χ3n) is 6.34. The summed E-state index contributed by atoms with van der Waals surface area (Å²) in [6.07, 6.45) is -0.798. The number of fused-ring (bicyclic) bond motifs is 1. The zero-order chi connectivity index (χ0) is 25.1. The molecule has 0 radical (unpaired) electrons. The Morgan fingerprint density at radius 1 is 1.25 bits per heavy atom. The molecule has 3 aromatic rings. The van der Waals surface area contributed by atoms with Gasteiger partial charge in [0.25, 0.3) is 0 Å². The number of ether oxygens (including phenoxy) is 3. The highest BCUT2D eigenvalue weighted by Crippen LogP contribution is 2.31. The summed E-state index contributed by atoms with van der Waals surface area (Å²) in [4.78, 5) is 26.6. The molecule has 0 aliphatic carbocycles. The number of morpholine rings is 1. The number of anilines is 1. The predicted molar refractivity (Wildman–Crippen MR) is 127 cm³/mol. The SMILES string of the molecule is N[C@H]1[C@@H](O)[C@H](n2cnc3c(NCc4cccc(OCCN5CCOCC5)c4)ncnc32)O[C@@H]1C(=O)O. The Hall–Kier alpha value is -3.36. The smallest absolute Gasteiger partial charge is 0.334 e. The molecule has 2 saturated heterocycles. The topological polar surface area (TPSA) is 170 Å². The van der Waals surface area contributed by atoms with E-state index in [-0.39, 0.29) is 0 Å². The molecule has 13 nitrogen and oxygen atoms in total. The van der Waals surface area contributed by atoms with E-state index in [1.807, 2.05) is 24.3 Å². The Labute approximate surface area is 206 Å². The maximum Gasteiger partial charge on any atom is 0.334 e. The van der Waals surface area contributed by atoms with Gasteiger partial charge in [-0.2, -0.15) is 0 Å². The zero-order valence-electron chi connectivity index (χ0n) is 19.6. The summed E-state index contributed by atoms with van der Waals surface area (Å²) >= 11 is 0. The lowest BCUT2D eigenvalue weighted by Gasteiger charge is -2.26. The summed E-state index contributed by atoms with van der Waals surface area (Å²) in [6.45, 7) is 5.30. The fourth-order valence-corrected chi connectivity index (χ4v) is 4.36. The van der Waals surface area contributed by atoms with Crippen molar-refractivity contribution in [1.29, 1.82) is 0 Å². The van der Waals surface area contributed by atoms with Gasteiger partial charge in [-0.05, 0) is 17.7 Å². The first kappa shape index (κ1) is 24.3. The van der Waals surface area contributed by atoms with E-state index in [0.29, 0.717) is 30.1 Å². The Bertz CT molecular complexity index is 1200. The number of carboxylic acids is 1. The summed E-state index contributed by atoms with van der Waals surface area (Å²) < 4.78 is 18.3. The molecule has 2 fully saturated rings. The van der Waals surface area contributed by atoms with E-state index in [2.05, 4.69) is 25.2 Å². The lowest BCUT2D eigenvalue weighted by molar-refractivity contribution is -0.152. The van der Waals surface area contributed by atoms with Crippen LogP contribution in [0.4, 0.5) is 5.82 Å². The van der Waals surface area contributed by atoms with Gasteiger partial charge in [0.2, 0.25) is 0 Å². The molecular weight excluding hydrogens is 470 g/mol. The van der Waals surface area contributed by atoms with Crippen LogP contribution in [-0.4, -0.2) is 98.3 Å². The Morgan fingerprint density at radius 2 is 2.08 bits per heavy atom. The molecule has 0 unspecified atom stereocenters. The van der Waals surface area contributed by atoms with Crippen LogP contribution < -0.4 is 15.8 Å². The molecule has 2 aliphatic heterocycles. The Morgan fingerprint density at radius 3 is 2.86 bits per heavy atom. The number of nitrogens with one attached hydrogen (secondary N) is 1. The van der Waals surface area contributed by atoms with Gasteiger partial charge in [-0.15, -0.1) is 0 Å². The fraction of sp³-hybridized carbons (Fsp3) is 0.478. The van der Waals surface area contributed by atoms with E-state index >= 15 is 0 Å². The number of nitrogens with two attached hydrogens (primary N) is 1. The van der Waals surface area contributed by atoms with Crippen molar-refractivity contribution >= 4 is 23.0 Å². The van der Waals surface area contributed by atoms with Crippen LogP contribution >= 0.6 is 0 Å². The van der Waals surface area contributed by atoms with E-state index < -0.39 is 30.4 Å². The van der Waals surface area contributed by atoms with E-state index in [0.717, 1.165) is 44.2 Å². The molecule has 0 saturated carbocycles. The van der Waals surface area contributed by atoms with Crippen LogP contribution in [0.2, 0.25) is 0 Å². The number of carboxylic acid groups (broad SMARTS) is 1. The van der Waals surface area contributed by atoms with Crippen molar-refractivity contribution in [3.05, 3.63) is 42.5 Å². The average molecular weight is 500 g/mol. The van der Waals surface area contributed by atoms with E-state index in [9.17, 15) is 15.0 Å². The van der Waals surface area contributed by atoms with Crippen LogP contribution in [0.5, 0.6) is 5.75 Å². The van der Waals surface area contributed by atoms with Crippen molar-refractivity contribution in [2.45, 2.75) is 31.0 Å². The number of aliphatic hydroxyl groups excluding tert-OH is 1. The minimum absolute atomic E-state index is 0.384. The molecule has 13 heteroatoms. The number of hydrogen-bond acceptors (Lipinski definition) is 11. The lowest BCUT2D eigenvalue weighted by Crippen LogP contribution is -2.43. The van der Waals surface area contributed by atoms with E-state index in [1.165, 1.54) is 17.2 Å². The largest absolute Gasteiger partial charge is 0.492 e. The summed E-state index contributed by atoms with van der Waals surface area (Å²) in [6, 6.07) is 6.74. The Balaban J connectivity index is 1.23. The number of carbonyl (C=O) groups is 1. The second-order valence-corrected chi connectivity index (χ2v) is 8.70. The molecule has 2 aliphatic rings. The minimum Gasteiger partial charge on any atom is -0.492 e. The van der Waals surface area contributed by atoms with Gasteiger partial charge >= 0.3 is 5.97 Å². The van der Waals surface area contributed by atoms with E-state index in [4.69, 9.17) is 19.9 Å². The average Bonchev–Trinajstić information content (AvgIpc) is 3.45. The van der Waals surface area contributed by atoms with E-state index in [1.54, 1.807) is 0 Å². The molecule has 4 atom stereocenters. The first-order valence-electron chi connectivity index (χ1n) is 11.8. The van der Waals surface area contributed by atoms with Crippen LogP contribution in [0.15, 0.2) is 36.9 Å². The number of aromatic nitrogens is 4. The second-order valence-electron chi connectivity index (χ2n) is 8.70. The molecule has 1 aromatic carbocycles. The minimum atomic E-state index is -1.33. The van der Waals surface area contributed by atoms with Gasteiger partial charge in [-0.25, -0.2) is 19.7 Å². The second kappa shape index (κ2) is 10.7. The van der Waals surface area contributed by atoms with Gasteiger partial charge in [0.1, 0.15) is 24.8 Å². The predicted octanol–water partition coefficient (Wildman–Crippen LogP) is -0.180. The number of nitrogens with zero attached hydrogens (tertiary/aromatic N) is 5. The molecule has 36 heavy (non-hydrogen) atoms. The first-order chi connectivity index (χ1) is 17.5. The normalized spacial score (nSPS) is 24.7. The molecule has 5 rings (SSSR count). The number of imidazole rings is 1. The van der Waals surface area contributed by atoms with Crippen molar-refractivity contribution in [3.8, 4) is 5.75 Å². The van der Waals surface area contributed by atoms with Gasteiger partial charge in [-0.3, -0.25) is 9.47 Å². The monoisotopic (exact) mass is 499 g/mol.